The van der Waals surface area contributed by atoms with Crippen LogP contribution in [0.15, 0.2) is 24.3 Å². The Bertz CT molecular complexity index is 539. The molecule has 0 spiro atoms. The van der Waals surface area contributed by atoms with E-state index >= 15 is 0 Å². The lowest BCUT2D eigenvalue weighted by atomic mass is 10.2. The average molecular weight is 283 g/mol. The first-order valence-corrected chi connectivity index (χ1v) is 6.58. The summed E-state index contributed by atoms with van der Waals surface area (Å²) in [4.78, 5) is 15.6. The third-order valence-electron chi connectivity index (χ3n) is 2.17. The number of carbonyl (C=O) groups is 1. The Morgan fingerprint density at radius 1 is 1.39 bits per heavy atom. The topological polar surface area (TPSA) is 52.1 Å². The van der Waals surface area contributed by atoms with Gasteiger partial charge in [0.05, 0.1) is 13.0 Å². The third kappa shape index (κ3) is 3.27. The van der Waals surface area contributed by atoms with E-state index in [0.717, 1.165) is 5.56 Å². The van der Waals surface area contributed by atoms with Crippen LogP contribution in [-0.2, 0) is 16.0 Å². The quantitative estimate of drug-likeness (QED) is 0.809. The van der Waals surface area contributed by atoms with Crippen molar-refractivity contribution in [2.45, 2.75) is 13.3 Å². The molecule has 1 heterocycles. The van der Waals surface area contributed by atoms with Gasteiger partial charge in [0, 0.05) is 10.6 Å². The van der Waals surface area contributed by atoms with E-state index in [1.807, 2.05) is 12.1 Å². The molecule has 18 heavy (non-hydrogen) atoms. The molecule has 94 valence electrons. The largest absolute Gasteiger partial charge is 0.466 e. The third-order valence-corrected chi connectivity index (χ3v) is 3.13. The average Bonchev–Trinajstić information content (AvgIpc) is 2.78. The SMILES string of the molecule is CCOC(=O)Cc1nc(-c2ccc(Cl)cc2)ns1. The maximum Gasteiger partial charge on any atom is 0.312 e. The highest BCUT2D eigenvalue weighted by Gasteiger charge is 2.11. The fraction of sp³-hybridized carbons (Fsp3) is 0.250. The highest BCUT2D eigenvalue weighted by molar-refractivity contribution is 7.05. The predicted molar refractivity (Wildman–Crippen MR) is 70.7 cm³/mol. The van der Waals surface area contributed by atoms with E-state index in [2.05, 4.69) is 9.36 Å². The van der Waals surface area contributed by atoms with Crippen LogP contribution in [0.1, 0.15) is 11.9 Å². The Balaban J connectivity index is 2.10. The van der Waals surface area contributed by atoms with Gasteiger partial charge in [-0.3, -0.25) is 4.79 Å². The van der Waals surface area contributed by atoms with Gasteiger partial charge in [0.25, 0.3) is 0 Å². The minimum atomic E-state index is -0.281. The smallest absolute Gasteiger partial charge is 0.312 e. The summed E-state index contributed by atoms with van der Waals surface area (Å²) in [6.07, 6.45) is 0.166. The van der Waals surface area contributed by atoms with Gasteiger partial charge in [-0.05, 0) is 42.7 Å². The summed E-state index contributed by atoms with van der Waals surface area (Å²) in [7, 11) is 0. The molecule has 0 fully saturated rings. The van der Waals surface area contributed by atoms with Crippen molar-refractivity contribution in [1.82, 2.24) is 9.36 Å². The standard InChI is InChI=1S/C12H11ClN2O2S/c1-2-17-11(16)7-10-14-12(15-18-10)8-3-5-9(13)6-4-8/h3-6H,2,7H2,1H3. The number of benzene rings is 1. The zero-order valence-corrected chi connectivity index (χ0v) is 11.3. The Morgan fingerprint density at radius 2 is 2.11 bits per heavy atom. The van der Waals surface area contributed by atoms with Crippen LogP contribution < -0.4 is 0 Å². The lowest BCUT2D eigenvalue weighted by Gasteiger charge is -1.97. The second-order valence-electron chi connectivity index (χ2n) is 3.50. The van der Waals surface area contributed by atoms with Crippen molar-refractivity contribution in [2.75, 3.05) is 6.61 Å². The number of hydrogen-bond donors (Lipinski definition) is 0. The summed E-state index contributed by atoms with van der Waals surface area (Å²) in [5.74, 6) is 0.326. The molecule has 0 aliphatic carbocycles. The molecular formula is C12H11ClN2O2S. The minimum absolute atomic E-state index is 0.166. The van der Waals surface area contributed by atoms with Crippen molar-refractivity contribution < 1.29 is 9.53 Å². The summed E-state index contributed by atoms with van der Waals surface area (Å²) in [5, 5.41) is 1.32. The van der Waals surface area contributed by atoms with Crippen LogP contribution in [0.2, 0.25) is 5.02 Å². The van der Waals surface area contributed by atoms with Gasteiger partial charge in [0.2, 0.25) is 0 Å². The number of rotatable bonds is 4. The van der Waals surface area contributed by atoms with E-state index in [1.165, 1.54) is 11.5 Å². The highest BCUT2D eigenvalue weighted by atomic mass is 35.5. The van der Waals surface area contributed by atoms with Crippen molar-refractivity contribution in [3.8, 4) is 11.4 Å². The van der Waals surface area contributed by atoms with E-state index in [9.17, 15) is 4.79 Å². The first kappa shape index (κ1) is 13.0. The summed E-state index contributed by atoms with van der Waals surface area (Å²) in [6, 6.07) is 7.25. The summed E-state index contributed by atoms with van der Waals surface area (Å²) >= 11 is 7.02. The van der Waals surface area contributed by atoms with Crippen LogP contribution in [0, 0.1) is 0 Å². The van der Waals surface area contributed by atoms with E-state index in [0.29, 0.717) is 22.5 Å². The molecule has 2 rings (SSSR count). The second-order valence-corrected chi connectivity index (χ2v) is 4.77. The molecule has 0 bridgehead atoms. The molecule has 6 heteroatoms. The monoisotopic (exact) mass is 282 g/mol. The molecule has 1 aromatic heterocycles. The fourth-order valence-electron chi connectivity index (χ4n) is 1.38. The highest BCUT2D eigenvalue weighted by Crippen LogP contribution is 2.20. The molecule has 2 aromatic rings. The maximum atomic E-state index is 11.3. The molecule has 0 unspecified atom stereocenters. The molecule has 0 N–H and O–H groups in total. The van der Waals surface area contributed by atoms with Gasteiger partial charge >= 0.3 is 5.97 Å². The van der Waals surface area contributed by atoms with Crippen LogP contribution in [0.3, 0.4) is 0 Å². The second kappa shape index (κ2) is 5.93. The molecule has 0 saturated heterocycles. The molecular weight excluding hydrogens is 272 g/mol. The van der Waals surface area contributed by atoms with E-state index in [1.54, 1.807) is 19.1 Å². The number of aromatic nitrogens is 2. The minimum Gasteiger partial charge on any atom is -0.466 e. The normalized spacial score (nSPS) is 10.3. The number of hydrogen-bond acceptors (Lipinski definition) is 5. The number of nitrogens with zero attached hydrogens (tertiary/aromatic N) is 2. The van der Waals surface area contributed by atoms with E-state index in [-0.39, 0.29) is 12.4 Å². The fourth-order valence-corrected chi connectivity index (χ4v) is 2.15. The van der Waals surface area contributed by atoms with Gasteiger partial charge in [-0.25, -0.2) is 4.98 Å². The molecule has 1 aromatic carbocycles. The first-order valence-electron chi connectivity index (χ1n) is 5.43. The lowest BCUT2D eigenvalue weighted by molar-refractivity contribution is -0.142. The summed E-state index contributed by atoms with van der Waals surface area (Å²) < 4.78 is 9.07. The van der Waals surface area contributed by atoms with Crippen molar-refractivity contribution >= 4 is 29.1 Å². The summed E-state index contributed by atoms with van der Waals surface area (Å²) in [5.41, 5.74) is 0.880. The van der Waals surface area contributed by atoms with Crippen molar-refractivity contribution in [1.29, 1.82) is 0 Å². The van der Waals surface area contributed by atoms with Gasteiger partial charge in [0.15, 0.2) is 5.82 Å². The van der Waals surface area contributed by atoms with Crippen LogP contribution in [0.25, 0.3) is 11.4 Å². The number of halogens is 1. The molecule has 0 aliphatic heterocycles. The first-order chi connectivity index (χ1) is 8.69. The van der Waals surface area contributed by atoms with Crippen LogP contribution in [0.5, 0.6) is 0 Å². The van der Waals surface area contributed by atoms with Crippen LogP contribution >= 0.6 is 23.1 Å². The zero-order valence-electron chi connectivity index (χ0n) is 9.72. The Kier molecular flexibility index (Phi) is 4.28. The Hall–Kier alpha value is -1.46. The molecule has 0 aliphatic rings. The van der Waals surface area contributed by atoms with Crippen LogP contribution in [0.4, 0.5) is 0 Å². The number of esters is 1. The predicted octanol–water partition coefficient (Wildman–Crippen LogP) is 2.96. The van der Waals surface area contributed by atoms with Gasteiger partial charge in [-0.15, -0.1) is 0 Å². The molecule has 0 radical (unpaired) electrons. The molecule has 0 amide bonds. The lowest BCUT2D eigenvalue weighted by Crippen LogP contribution is -2.07. The van der Waals surface area contributed by atoms with E-state index < -0.39 is 0 Å². The van der Waals surface area contributed by atoms with Gasteiger partial charge in [-0.2, -0.15) is 4.37 Å². The van der Waals surface area contributed by atoms with Crippen molar-refractivity contribution in [2.24, 2.45) is 0 Å². The Morgan fingerprint density at radius 3 is 2.78 bits per heavy atom. The summed E-state index contributed by atoms with van der Waals surface area (Å²) in [6.45, 7) is 2.15. The van der Waals surface area contributed by atoms with Gasteiger partial charge in [0.1, 0.15) is 5.01 Å². The Labute approximate surface area is 114 Å². The van der Waals surface area contributed by atoms with Gasteiger partial charge < -0.3 is 4.74 Å². The molecule has 0 saturated carbocycles. The van der Waals surface area contributed by atoms with Crippen molar-refractivity contribution in [3.05, 3.63) is 34.3 Å². The maximum absolute atomic E-state index is 11.3. The number of carbonyl (C=O) groups excluding carboxylic acids is 1. The number of ether oxygens (including phenoxy) is 1. The van der Waals surface area contributed by atoms with Crippen LogP contribution in [-0.4, -0.2) is 21.9 Å². The van der Waals surface area contributed by atoms with E-state index in [4.69, 9.17) is 16.3 Å². The van der Waals surface area contributed by atoms with Gasteiger partial charge in [-0.1, -0.05) is 11.6 Å². The van der Waals surface area contributed by atoms with Crippen molar-refractivity contribution in [3.63, 3.8) is 0 Å². The zero-order chi connectivity index (χ0) is 13.0. The molecule has 0 atom stereocenters. The molecule has 4 nitrogen and oxygen atoms in total.